The van der Waals surface area contributed by atoms with Crippen LogP contribution in [0.15, 0.2) is 41.0 Å². The highest BCUT2D eigenvalue weighted by atomic mass is 16.4. The lowest BCUT2D eigenvalue weighted by molar-refractivity contribution is -0.136. The molecule has 1 fully saturated rings. The summed E-state index contributed by atoms with van der Waals surface area (Å²) < 4.78 is 5.28. The Hall–Kier alpha value is -2.56. The quantitative estimate of drug-likeness (QED) is 0.936. The van der Waals surface area contributed by atoms with E-state index in [4.69, 9.17) is 9.52 Å². The maximum absolute atomic E-state index is 12.8. The summed E-state index contributed by atoms with van der Waals surface area (Å²) in [6.07, 6.45) is 3.03. The Labute approximate surface area is 140 Å². The van der Waals surface area contributed by atoms with E-state index in [0.717, 1.165) is 12.8 Å². The monoisotopic (exact) mass is 327 g/mol. The Morgan fingerprint density at radius 3 is 2.50 bits per heavy atom. The minimum absolute atomic E-state index is 0.121. The highest BCUT2D eigenvalue weighted by Gasteiger charge is 2.28. The first-order chi connectivity index (χ1) is 11.6. The summed E-state index contributed by atoms with van der Waals surface area (Å²) >= 11 is 0. The molecule has 5 heteroatoms. The van der Waals surface area contributed by atoms with Crippen molar-refractivity contribution in [2.24, 2.45) is 0 Å². The molecule has 0 radical (unpaired) electrons. The van der Waals surface area contributed by atoms with Crippen LogP contribution in [0.5, 0.6) is 0 Å². The summed E-state index contributed by atoms with van der Waals surface area (Å²) in [5, 5.41) is 8.97. The van der Waals surface area contributed by atoms with E-state index in [1.54, 1.807) is 6.92 Å². The molecule has 2 heterocycles. The number of amides is 1. The van der Waals surface area contributed by atoms with Gasteiger partial charge in [0, 0.05) is 18.7 Å². The number of carbonyl (C=O) groups excluding carboxylic acids is 1. The molecule has 0 bridgehead atoms. The zero-order valence-corrected chi connectivity index (χ0v) is 13.7. The number of hydrogen-bond donors (Lipinski definition) is 1. The van der Waals surface area contributed by atoms with Gasteiger partial charge in [-0.25, -0.2) is 0 Å². The fourth-order valence-electron chi connectivity index (χ4n) is 3.35. The van der Waals surface area contributed by atoms with E-state index < -0.39 is 5.97 Å². The van der Waals surface area contributed by atoms with E-state index in [1.807, 2.05) is 23.1 Å². The van der Waals surface area contributed by atoms with Crippen molar-refractivity contribution in [2.75, 3.05) is 13.1 Å². The van der Waals surface area contributed by atoms with Gasteiger partial charge in [-0.2, -0.15) is 0 Å². The summed E-state index contributed by atoms with van der Waals surface area (Å²) in [7, 11) is 0. The average Bonchev–Trinajstić information content (AvgIpc) is 2.95. The molecular formula is C19H21NO4. The molecule has 1 aliphatic heterocycles. The first kappa shape index (κ1) is 16.3. The third-order valence-electron chi connectivity index (χ3n) is 4.63. The largest absolute Gasteiger partial charge is 0.481 e. The number of rotatable bonds is 4. The second kappa shape index (κ2) is 6.91. The number of aryl methyl sites for hydroxylation is 1. The molecule has 1 saturated heterocycles. The minimum Gasteiger partial charge on any atom is -0.481 e. The minimum atomic E-state index is -0.999. The zero-order chi connectivity index (χ0) is 17.1. The Bertz CT molecular complexity index is 727. The molecule has 3 rings (SSSR count). The summed E-state index contributed by atoms with van der Waals surface area (Å²) in [5.41, 5.74) is 2.42. The fraction of sp³-hybridized carbons (Fsp3) is 0.368. The lowest BCUT2D eigenvalue weighted by Gasteiger charge is -2.32. The highest BCUT2D eigenvalue weighted by Crippen LogP contribution is 2.29. The van der Waals surface area contributed by atoms with Crippen molar-refractivity contribution >= 4 is 11.9 Å². The fourth-order valence-corrected chi connectivity index (χ4v) is 3.35. The Balaban J connectivity index is 1.70. The maximum Gasteiger partial charge on any atom is 0.311 e. The van der Waals surface area contributed by atoms with E-state index >= 15 is 0 Å². The van der Waals surface area contributed by atoms with E-state index in [1.165, 1.54) is 11.8 Å². The van der Waals surface area contributed by atoms with Crippen LogP contribution < -0.4 is 0 Å². The first-order valence-corrected chi connectivity index (χ1v) is 8.19. The number of carbonyl (C=O) groups is 2. The van der Waals surface area contributed by atoms with E-state index in [2.05, 4.69) is 12.1 Å². The smallest absolute Gasteiger partial charge is 0.311 e. The molecule has 1 aromatic carbocycles. The van der Waals surface area contributed by atoms with Gasteiger partial charge in [-0.3, -0.25) is 9.59 Å². The number of aliphatic carboxylic acids is 1. The Morgan fingerprint density at radius 1 is 1.21 bits per heavy atom. The molecule has 5 nitrogen and oxygen atoms in total. The zero-order valence-electron chi connectivity index (χ0n) is 13.7. The predicted octanol–water partition coefficient (Wildman–Crippen LogP) is 3.23. The van der Waals surface area contributed by atoms with Crippen LogP contribution >= 0.6 is 0 Å². The van der Waals surface area contributed by atoms with Gasteiger partial charge >= 0.3 is 5.97 Å². The molecule has 24 heavy (non-hydrogen) atoms. The van der Waals surface area contributed by atoms with Gasteiger partial charge in [-0.15, -0.1) is 0 Å². The summed E-state index contributed by atoms with van der Waals surface area (Å²) in [6, 6.07) is 10.4. The third-order valence-corrected chi connectivity index (χ3v) is 4.63. The normalized spacial score (nSPS) is 15.5. The Kier molecular flexibility index (Phi) is 4.69. The number of likely N-dealkylation sites (tertiary alicyclic amines) is 1. The van der Waals surface area contributed by atoms with Crippen molar-refractivity contribution in [3.8, 4) is 0 Å². The standard InChI is InChI=1S/C19H21NO4/c1-13-12-24-16(11-17(21)22)18(13)19(23)20-9-7-15(8-10-20)14-5-3-2-4-6-14/h2-6,12,15H,7-11H2,1H3,(H,21,22). The Morgan fingerprint density at radius 2 is 1.88 bits per heavy atom. The van der Waals surface area contributed by atoms with Gasteiger partial charge in [-0.05, 0) is 31.2 Å². The lowest BCUT2D eigenvalue weighted by atomic mass is 9.89. The van der Waals surface area contributed by atoms with E-state index in [9.17, 15) is 9.59 Å². The molecule has 1 aliphatic rings. The summed E-state index contributed by atoms with van der Waals surface area (Å²) in [5.74, 6) is -0.403. The topological polar surface area (TPSA) is 70.7 Å². The van der Waals surface area contributed by atoms with Crippen LogP contribution in [-0.2, 0) is 11.2 Å². The van der Waals surface area contributed by atoms with Gasteiger partial charge in [-0.1, -0.05) is 30.3 Å². The number of carboxylic acid groups (broad SMARTS) is 1. The van der Waals surface area contributed by atoms with Crippen molar-refractivity contribution in [2.45, 2.75) is 32.1 Å². The molecule has 126 valence electrons. The van der Waals surface area contributed by atoms with Crippen LogP contribution in [0.2, 0.25) is 0 Å². The van der Waals surface area contributed by atoms with Crippen LogP contribution in [0.3, 0.4) is 0 Å². The van der Waals surface area contributed by atoms with Crippen molar-refractivity contribution < 1.29 is 19.1 Å². The van der Waals surface area contributed by atoms with Crippen molar-refractivity contribution in [3.63, 3.8) is 0 Å². The summed E-state index contributed by atoms with van der Waals surface area (Å²) in [4.78, 5) is 25.6. The molecule has 1 N–H and O–H groups in total. The van der Waals surface area contributed by atoms with E-state index in [0.29, 0.717) is 30.1 Å². The van der Waals surface area contributed by atoms with E-state index in [-0.39, 0.29) is 18.1 Å². The lowest BCUT2D eigenvalue weighted by Crippen LogP contribution is -2.38. The molecule has 0 atom stereocenters. The second-order valence-electron chi connectivity index (χ2n) is 6.26. The highest BCUT2D eigenvalue weighted by molar-refractivity contribution is 5.97. The number of hydrogen-bond acceptors (Lipinski definition) is 3. The molecule has 1 aromatic heterocycles. The van der Waals surface area contributed by atoms with Gasteiger partial charge in [0.1, 0.15) is 12.2 Å². The molecular weight excluding hydrogens is 306 g/mol. The number of benzene rings is 1. The number of carboxylic acids is 1. The van der Waals surface area contributed by atoms with Gasteiger partial charge < -0.3 is 14.4 Å². The number of furan rings is 1. The SMILES string of the molecule is Cc1coc(CC(=O)O)c1C(=O)N1CCC(c2ccccc2)CC1. The van der Waals surface area contributed by atoms with Gasteiger partial charge in [0.25, 0.3) is 5.91 Å². The van der Waals surface area contributed by atoms with Gasteiger partial charge in [0.2, 0.25) is 0 Å². The van der Waals surface area contributed by atoms with Crippen LogP contribution in [-0.4, -0.2) is 35.0 Å². The van der Waals surface area contributed by atoms with Crippen molar-refractivity contribution in [3.05, 3.63) is 59.0 Å². The number of nitrogens with zero attached hydrogens (tertiary/aromatic N) is 1. The van der Waals surface area contributed by atoms with Crippen LogP contribution in [0.4, 0.5) is 0 Å². The molecule has 2 aromatic rings. The van der Waals surface area contributed by atoms with Crippen LogP contribution in [0.1, 0.15) is 46.0 Å². The van der Waals surface area contributed by atoms with Crippen LogP contribution in [0.25, 0.3) is 0 Å². The first-order valence-electron chi connectivity index (χ1n) is 8.19. The molecule has 0 spiro atoms. The number of piperidine rings is 1. The van der Waals surface area contributed by atoms with Crippen molar-refractivity contribution in [1.29, 1.82) is 0 Å². The van der Waals surface area contributed by atoms with Crippen molar-refractivity contribution in [1.82, 2.24) is 4.90 Å². The average molecular weight is 327 g/mol. The maximum atomic E-state index is 12.8. The predicted molar refractivity (Wildman–Crippen MR) is 89.1 cm³/mol. The van der Waals surface area contributed by atoms with Crippen LogP contribution in [0, 0.1) is 6.92 Å². The molecule has 0 unspecified atom stereocenters. The second-order valence-corrected chi connectivity index (χ2v) is 6.26. The third kappa shape index (κ3) is 3.35. The van der Waals surface area contributed by atoms with Gasteiger partial charge in [0.15, 0.2) is 0 Å². The van der Waals surface area contributed by atoms with Gasteiger partial charge in [0.05, 0.1) is 11.8 Å². The molecule has 0 aliphatic carbocycles. The molecule has 0 saturated carbocycles. The molecule has 1 amide bonds. The summed E-state index contributed by atoms with van der Waals surface area (Å²) in [6.45, 7) is 3.13.